The normalized spacial score (nSPS) is 12.3. The van der Waals surface area contributed by atoms with Gasteiger partial charge in [-0.2, -0.15) is 0 Å². The Hall–Kier alpha value is -3.53. The van der Waals surface area contributed by atoms with Gasteiger partial charge in [0.1, 0.15) is 6.29 Å². The summed E-state index contributed by atoms with van der Waals surface area (Å²) >= 11 is 0. The summed E-state index contributed by atoms with van der Waals surface area (Å²) < 4.78 is 0. The number of ketones is 2. The Morgan fingerprint density at radius 2 is 1.35 bits per heavy atom. The maximum atomic E-state index is 13.1. The van der Waals surface area contributed by atoms with Gasteiger partial charge in [-0.05, 0) is 30.3 Å². The van der Waals surface area contributed by atoms with E-state index < -0.39 is 0 Å². The molecule has 4 nitrogen and oxygen atoms in total. The topological polar surface area (TPSA) is 54.5 Å². The Kier molecular flexibility index (Phi) is 3.73. The van der Waals surface area contributed by atoms with Crippen LogP contribution in [0.1, 0.15) is 42.2 Å². The Balaban J connectivity index is 1.86. The molecule has 0 heterocycles. The highest BCUT2D eigenvalue weighted by atomic mass is 16.1. The lowest BCUT2D eigenvalue weighted by Gasteiger charge is -2.26. The summed E-state index contributed by atoms with van der Waals surface area (Å²) in [7, 11) is 1.84. The summed E-state index contributed by atoms with van der Waals surface area (Å²) in [5, 5.41) is 0. The molecule has 0 fully saturated rings. The van der Waals surface area contributed by atoms with Gasteiger partial charge in [0.2, 0.25) is 0 Å². The molecule has 0 N–H and O–H groups in total. The summed E-state index contributed by atoms with van der Waals surface area (Å²) in [5.41, 5.74) is 3.78. The maximum absolute atomic E-state index is 13.1. The van der Waals surface area contributed by atoms with Gasteiger partial charge in [-0.1, -0.05) is 36.4 Å². The third kappa shape index (κ3) is 2.35. The molecule has 0 bridgehead atoms. The fourth-order valence-corrected chi connectivity index (χ4v) is 3.32. The molecular weight excluding hydrogens is 326 g/mol. The molecule has 1 aliphatic rings. The number of nitrogens with zero attached hydrogens (tertiary/aromatic N) is 1. The molecule has 26 heavy (non-hydrogen) atoms. The van der Waals surface area contributed by atoms with E-state index in [1.807, 2.05) is 30.1 Å². The number of fused-ring (bicyclic) bond motifs is 2. The Morgan fingerprint density at radius 3 is 2.00 bits per heavy atom. The van der Waals surface area contributed by atoms with Gasteiger partial charge >= 0.3 is 0 Å². The van der Waals surface area contributed by atoms with Crippen LogP contribution in [0.15, 0.2) is 66.7 Å². The number of hydrogen-bond acceptors (Lipinski definition) is 4. The molecule has 0 amide bonds. The number of carbonyl (C=O) groups is 3. The van der Waals surface area contributed by atoms with E-state index in [1.165, 1.54) is 0 Å². The molecule has 0 aromatic heterocycles. The van der Waals surface area contributed by atoms with Gasteiger partial charge in [-0.15, -0.1) is 0 Å². The van der Waals surface area contributed by atoms with Gasteiger partial charge in [-0.25, -0.2) is 0 Å². The molecule has 0 aliphatic heterocycles. The second kappa shape index (κ2) is 6.08. The second-order valence-corrected chi connectivity index (χ2v) is 6.17. The molecule has 0 radical (unpaired) electrons. The van der Waals surface area contributed by atoms with Crippen LogP contribution in [0, 0.1) is 0 Å². The summed E-state index contributed by atoms with van der Waals surface area (Å²) in [6.45, 7) is 0. The third-order valence-electron chi connectivity index (χ3n) is 4.71. The predicted molar refractivity (Wildman–Crippen MR) is 99.6 cm³/mol. The largest absolute Gasteiger partial charge is 0.344 e. The van der Waals surface area contributed by atoms with Crippen LogP contribution in [0.25, 0.3) is 0 Å². The molecule has 4 heteroatoms. The average Bonchev–Trinajstić information content (AvgIpc) is 2.71. The van der Waals surface area contributed by atoms with Crippen molar-refractivity contribution in [2.75, 3.05) is 11.9 Å². The van der Waals surface area contributed by atoms with E-state index in [0.717, 1.165) is 12.0 Å². The number of benzene rings is 3. The molecule has 4 rings (SSSR count). The zero-order chi connectivity index (χ0) is 18.3. The molecule has 3 aromatic rings. The van der Waals surface area contributed by atoms with E-state index in [0.29, 0.717) is 33.5 Å². The van der Waals surface area contributed by atoms with Crippen molar-refractivity contribution in [2.45, 2.75) is 0 Å². The molecule has 0 spiro atoms. The summed E-state index contributed by atoms with van der Waals surface area (Å²) in [6, 6.07) is 19.3. The van der Waals surface area contributed by atoms with Crippen LogP contribution >= 0.6 is 0 Å². The molecule has 1 aliphatic carbocycles. The highest BCUT2D eigenvalue weighted by molar-refractivity contribution is 6.30. The van der Waals surface area contributed by atoms with Gasteiger partial charge in [0, 0.05) is 35.0 Å². The SMILES string of the molecule is CN(c1ccc(C=O)cc1)c1cccc2c1C(=O)c1ccccc1C2=O. The molecule has 0 saturated carbocycles. The van der Waals surface area contributed by atoms with E-state index in [-0.39, 0.29) is 11.6 Å². The first-order chi connectivity index (χ1) is 12.6. The summed E-state index contributed by atoms with van der Waals surface area (Å²) in [5.74, 6) is -0.288. The quantitative estimate of drug-likeness (QED) is 0.528. The molecule has 3 aromatic carbocycles. The Labute approximate surface area is 150 Å². The lowest BCUT2D eigenvalue weighted by Crippen LogP contribution is -2.24. The molecule has 0 saturated heterocycles. The molecule has 0 unspecified atom stereocenters. The van der Waals surface area contributed by atoms with Gasteiger partial charge in [-0.3, -0.25) is 14.4 Å². The zero-order valence-electron chi connectivity index (χ0n) is 14.1. The minimum Gasteiger partial charge on any atom is -0.344 e. The van der Waals surface area contributed by atoms with Crippen molar-refractivity contribution >= 4 is 29.2 Å². The minimum atomic E-state index is -0.151. The van der Waals surface area contributed by atoms with Crippen molar-refractivity contribution in [3.05, 3.63) is 94.5 Å². The number of anilines is 2. The van der Waals surface area contributed by atoms with Crippen LogP contribution in [0.4, 0.5) is 11.4 Å². The smallest absolute Gasteiger partial charge is 0.196 e. The fourth-order valence-electron chi connectivity index (χ4n) is 3.32. The average molecular weight is 341 g/mol. The highest BCUT2D eigenvalue weighted by Crippen LogP contribution is 2.35. The van der Waals surface area contributed by atoms with Crippen molar-refractivity contribution in [3.63, 3.8) is 0 Å². The number of aldehydes is 1. The van der Waals surface area contributed by atoms with Crippen LogP contribution < -0.4 is 4.90 Å². The molecule has 126 valence electrons. The van der Waals surface area contributed by atoms with Crippen molar-refractivity contribution in [1.82, 2.24) is 0 Å². The molecular formula is C22H15NO3. The first-order valence-corrected chi connectivity index (χ1v) is 8.22. The first-order valence-electron chi connectivity index (χ1n) is 8.22. The number of carbonyl (C=O) groups excluding carboxylic acids is 3. The Bertz CT molecular complexity index is 1050. The highest BCUT2D eigenvalue weighted by Gasteiger charge is 2.32. The molecule has 0 atom stereocenters. The number of hydrogen-bond donors (Lipinski definition) is 0. The summed E-state index contributed by atoms with van der Waals surface area (Å²) in [4.78, 5) is 38.6. The fraction of sp³-hybridized carbons (Fsp3) is 0.0455. The lowest BCUT2D eigenvalue weighted by atomic mass is 9.83. The van der Waals surface area contributed by atoms with Gasteiger partial charge in [0.25, 0.3) is 0 Å². The van der Waals surface area contributed by atoms with Crippen LogP contribution in [0.3, 0.4) is 0 Å². The van der Waals surface area contributed by atoms with E-state index in [4.69, 9.17) is 0 Å². The van der Waals surface area contributed by atoms with E-state index in [1.54, 1.807) is 48.5 Å². The van der Waals surface area contributed by atoms with Gasteiger partial charge in [0.05, 0.1) is 11.3 Å². The van der Waals surface area contributed by atoms with Crippen LogP contribution in [0.2, 0.25) is 0 Å². The van der Waals surface area contributed by atoms with Crippen molar-refractivity contribution < 1.29 is 14.4 Å². The van der Waals surface area contributed by atoms with Gasteiger partial charge in [0.15, 0.2) is 11.6 Å². The third-order valence-corrected chi connectivity index (χ3v) is 4.71. The van der Waals surface area contributed by atoms with Crippen LogP contribution in [0.5, 0.6) is 0 Å². The van der Waals surface area contributed by atoms with E-state index in [9.17, 15) is 14.4 Å². The Morgan fingerprint density at radius 1 is 0.731 bits per heavy atom. The predicted octanol–water partition coefficient (Wildman–Crippen LogP) is 4.04. The minimum absolute atomic E-state index is 0.137. The van der Waals surface area contributed by atoms with Crippen molar-refractivity contribution in [1.29, 1.82) is 0 Å². The van der Waals surface area contributed by atoms with Crippen molar-refractivity contribution in [2.24, 2.45) is 0 Å². The summed E-state index contributed by atoms with van der Waals surface area (Å²) in [6.07, 6.45) is 0.785. The second-order valence-electron chi connectivity index (χ2n) is 6.17. The number of rotatable bonds is 3. The van der Waals surface area contributed by atoms with Gasteiger partial charge < -0.3 is 4.90 Å². The lowest BCUT2D eigenvalue weighted by molar-refractivity contribution is 0.0979. The van der Waals surface area contributed by atoms with Crippen LogP contribution in [-0.2, 0) is 0 Å². The maximum Gasteiger partial charge on any atom is 0.196 e. The van der Waals surface area contributed by atoms with E-state index >= 15 is 0 Å². The van der Waals surface area contributed by atoms with E-state index in [2.05, 4.69) is 0 Å². The first kappa shape index (κ1) is 16.0. The van der Waals surface area contributed by atoms with Crippen molar-refractivity contribution in [3.8, 4) is 0 Å². The monoisotopic (exact) mass is 341 g/mol. The van der Waals surface area contributed by atoms with Crippen LogP contribution in [-0.4, -0.2) is 24.9 Å². The zero-order valence-corrected chi connectivity index (χ0v) is 14.1. The standard InChI is InChI=1S/C22H15NO3/c1-23(15-11-9-14(13-24)10-12-15)19-8-4-7-18-20(19)22(26)17-6-3-2-5-16(17)21(18)25/h2-13H,1H3.